The minimum atomic E-state index is -0.614. The van der Waals surface area contributed by atoms with Gasteiger partial charge in [0.05, 0.1) is 0 Å². The fourth-order valence-electron chi connectivity index (χ4n) is 0.777. The van der Waals surface area contributed by atoms with Crippen LogP contribution in [0.15, 0.2) is 0 Å². The Morgan fingerprint density at radius 2 is 1.77 bits per heavy atom. The van der Waals surface area contributed by atoms with Crippen LogP contribution in [-0.4, -0.2) is 42.2 Å². The highest BCUT2D eigenvalue weighted by molar-refractivity contribution is 6.30. The van der Waals surface area contributed by atoms with E-state index in [1.165, 1.54) is 4.90 Å². The summed E-state index contributed by atoms with van der Waals surface area (Å²) in [5.41, 5.74) is 0. The van der Waals surface area contributed by atoms with E-state index in [4.69, 9.17) is 11.6 Å². The molecule has 2 amide bonds. The molecule has 0 bridgehead atoms. The molecule has 0 saturated heterocycles. The van der Waals surface area contributed by atoms with Gasteiger partial charge in [-0.05, 0) is 13.8 Å². The van der Waals surface area contributed by atoms with Crippen LogP contribution >= 0.6 is 11.6 Å². The highest BCUT2D eigenvalue weighted by Gasteiger charge is 2.18. The Bertz CT molecular complexity index is 204. The number of alkyl halides is 1. The molecule has 13 heavy (non-hydrogen) atoms. The summed E-state index contributed by atoms with van der Waals surface area (Å²) in [7, 11) is 3.27. The summed E-state index contributed by atoms with van der Waals surface area (Å²) in [6.45, 7) is 3.18. The zero-order chi connectivity index (χ0) is 10.6. The molecule has 0 aliphatic rings. The van der Waals surface area contributed by atoms with Gasteiger partial charge in [0.1, 0.15) is 11.4 Å². The van der Waals surface area contributed by atoms with Gasteiger partial charge in [-0.15, -0.1) is 11.6 Å². The second kappa shape index (κ2) is 5.07. The van der Waals surface area contributed by atoms with Crippen molar-refractivity contribution in [1.82, 2.24) is 10.2 Å². The minimum absolute atomic E-state index is 0.148. The van der Waals surface area contributed by atoms with Gasteiger partial charge < -0.3 is 10.2 Å². The lowest BCUT2D eigenvalue weighted by atomic mass is 10.3. The first-order valence-corrected chi connectivity index (χ1v) is 4.45. The van der Waals surface area contributed by atoms with Crippen LogP contribution in [0.4, 0.5) is 0 Å². The molecular formula is C8H15ClN2O2. The first-order chi connectivity index (χ1) is 5.86. The van der Waals surface area contributed by atoms with Crippen LogP contribution in [0.3, 0.4) is 0 Å². The zero-order valence-electron chi connectivity index (χ0n) is 8.30. The van der Waals surface area contributed by atoms with Crippen molar-refractivity contribution in [2.24, 2.45) is 0 Å². The van der Waals surface area contributed by atoms with Crippen LogP contribution in [0, 0.1) is 0 Å². The van der Waals surface area contributed by atoms with Gasteiger partial charge in [0.2, 0.25) is 11.8 Å². The number of hydrogen-bond donors (Lipinski definition) is 1. The number of amides is 2. The molecule has 0 spiro atoms. The Labute approximate surface area is 83.2 Å². The smallest absolute Gasteiger partial charge is 0.244 e. The van der Waals surface area contributed by atoms with E-state index >= 15 is 0 Å². The number of rotatable bonds is 3. The van der Waals surface area contributed by atoms with Crippen molar-refractivity contribution in [2.45, 2.75) is 25.3 Å². The third kappa shape index (κ3) is 4.12. The van der Waals surface area contributed by atoms with Crippen LogP contribution in [0.1, 0.15) is 13.8 Å². The number of hydrogen-bond acceptors (Lipinski definition) is 2. The van der Waals surface area contributed by atoms with Gasteiger partial charge in [-0.3, -0.25) is 9.59 Å². The van der Waals surface area contributed by atoms with Crippen molar-refractivity contribution in [3.63, 3.8) is 0 Å². The van der Waals surface area contributed by atoms with Crippen molar-refractivity contribution in [2.75, 3.05) is 14.1 Å². The van der Waals surface area contributed by atoms with Crippen molar-refractivity contribution in [1.29, 1.82) is 0 Å². The van der Waals surface area contributed by atoms with E-state index in [1.807, 2.05) is 0 Å². The van der Waals surface area contributed by atoms with Gasteiger partial charge in [0.25, 0.3) is 0 Å². The lowest BCUT2D eigenvalue weighted by molar-refractivity contribution is -0.133. The van der Waals surface area contributed by atoms with Gasteiger partial charge in [-0.1, -0.05) is 0 Å². The Morgan fingerprint density at radius 1 is 1.31 bits per heavy atom. The van der Waals surface area contributed by atoms with E-state index in [-0.39, 0.29) is 11.8 Å². The molecular weight excluding hydrogens is 192 g/mol. The third-order valence-corrected chi connectivity index (χ3v) is 1.73. The van der Waals surface area contributed by atoms with Gasteiger partial charge in [0.15, 0.2) is 0 Å². The average Bonchev–Trinajstić information content (AvgIpc) is 2.02. The molecule has 0 aromatic carbocycles. The largest absolute Gasteiger partial charge is 0.347 e. The lowest BCUT2D eigenvalue weighted by Gasteiger charge is -2.18. The first kappa shape index (κ1) is 12.2. The Hall–Kier alpha value is -0.770. The van der Waals surface area contributed by atoms with Crippen LogP contribution < -0.4 is 5.32 Å². The van der Waals surface area contributed by atoms with Crippen molar-refractivity contribution in [3.8, 4) is 0 Å². The molecule has 0 radical (unpaired) electrons. The van der Waals surface area contributed by atoms with Gasteiger partial charge in [-0.2, -0.15) is 0 Å². The topological polar surface area (TPSA) is 49.4 Å². The fourth-order valence-corrected chi connectivity index (χ4v) is 0.840. The van der Waals surface area contributed by atoms with Gasteiger partial charge in [0, 0.05) is 14.1 Å². The summed E-state index contributed by atoms with van der Waals surface area (Å²) in [5.74, 6) is -0.477. The highest BCUT2D eigenvalue weighted by atomic mass is 35.5. The predicted octanol–water partition coefficient (Wildman–Crippen LogP) is 0.207. The number of carbonyl (C=O) groups excluding carboxylic acids is 2. The Kier molecular flexibility index (Phi) is 4.77. The number of nitrogens with zero attached hydrogens (tertiary/aromatic N) is 1. The fraction of sp³-hybridized carbons (Fsp3) is 0.750. The molecule has 2 atom stereocenters. The minimum Gasteiger partial charge on any atom is -0.347 e. The van der Waals surface area contributed by atoms with Crippen LogP contribution in [-0.2, 0) is 9.59 Å². The molecule has 4 nitrogen and oxygen atoms in total. The van der Waals surface area contributed by atoms with Gasteiger partial charge in [-0.25, -0.2) is 0 Å². The highest BCUT2D eigenvalue weighted by Crippen LogP contribution is 1.95. The second-order valence-electron chi connectivity index (χ2n) is 3.08. The SMILES string of the molecule is CC(Cl)C(=O)NC(C)C(=O)N(C)C. The van der Waals surface area contributed by atoms with Crippen LogP contribution in [0.5, 0.6) is 0 Å². The van der Waals surface area contributed by atoms with Gasteiger partial charge >= 0.3 is 0 Å². The molecule has 0 aliphatic carbocycles. The van der Waals surface area contributed by atoms with E-state index in [0.29, 0.717) is 0 Å². The summed E-state index contributed by atoms with van der Waals surface area (Å²) in [6.07, 6.45) is 0. The molecule has 5 heteroatoms. The van der Waals surface area contributed by atoms with Crippen LogP contribution in [0.2, 0.25) is 0 Å². The summed E-state index contributed by atoms with van der Waals surface area (Å²) in [6, 6.07) is -0.524. The molecule has 0 fully saturated rings. The Balaban J connectivity index is 4.08. The summed E-state index contributed by atoms with van der Waals surface area (Å²) in [4.78, 5) is 23.8. The molecule has 0 heterocycles. The monoisotopic (exact) mass is 206 g/mol. The van der Waals surface area contributed by atoms with E-state index in [2.05, 4.69) is 5.32 Å². The van der Waals surface area contributed by atoms with Crippen LogP contribution in [0.25, 0.3) is 0 Å². The zero-order valence-corrected chi connectivity index (χ0v) is 9.05. The summed E-state index contributed by atoms with van der Waals surface area (Å²) in [5, 5.41) is 1.88. The molecule has 1 N–H and O–H groups in total. The molecule has 2 unspecified atom stereocenters. The molecule has 0 saturated carbocycles. The number of carbonyl (C=O) groups is 2. The second-order valence-corrected chi connectivity index (χ2v) is 3.73. The number of nitrogens with one attached hydrogen (secondary N) is 1. The van der Waals surface area contributed by atoms with E-state index in [0.717, 1.165) is 0 Å². The number of halogens is 1. The molecule has 0 aromatic heterocycles. The Morgan fingerprint density at radius 3 is 2.08 bits per heavy atom. The molecule has 0 rings (SSSR count). The first-order valence-electron chi connectivity index (χ1n) is 4.02. The normalized spacial score (nSPS) is 14.5. The predicted molar refractivity (Wildman–Crippen MR) is 51.6 cm³/mol. The van der Waals surface area contributed by atoms with E-state index < -0.39 is 11.4 Å². The standard InChI is InChI=1S/C8H15ClN2O2/c1-5(9)7(12)10-6(2)8(13)11(3)4/h5-6H,1-4H3,(H,10,12). The quantitative estimate of drug-likeness (QED) is 0.671. The maximum Gasteiger partial charge on any atom is 0.244 e. The third-order valence-electron chi connectivity index (χ3n) is 1.53. The lowest BCUT2D eigenvalue weighted by Crippen LogP contribution is -2.46. The maximum atomic E-state index is 11.3. The van der Waals surface area contributed by atoms with Crippen molar-refractivity contribution < 1.29 is 9.59 Å². The summed E-state index contributed by atoms with van der Waals surface area (Å²) >= 11 is 5.52. The molecule has 76 valence electrons. The van der Waals surface area contributed by atoms with Crippen molar-refractivity contribution >= 4 is 23.4 Å². The molecule has 0 aromatic rings. The van der Waals surface area contributed by atoms with Crippen molar-refractivity contribution in [3.05, 3.63) is 0 Å². The molecule has 0 aliphatic heterocycles. The maximum absolute atomic E-state index is 11.3. The average molecular weight is 207 g/mol. The van der Waals surface area contributed by atoms with E-state index in [1.54, 1.807) is 27.9 Å². The van der Waals surface area contributed by atoms with E-state index in [9.17, 15) is 9.59 Å². The number of likely N-dealkylation sites (N-methyl/N-ethyl adjacent to an activating group) is 1. The summed E-state index contributed by atoms with van der Waals surface area (Å²) < 4.78 is 0.